The molecule has 3 rings (SSSR count). The Hall–Kier alpha value is -2.26. The van der Waals surface area contributed by atoms with Gasteiger partial charge in [0.05, 0.1) is 35.2 Å². The first-order chi connectivity index (χ1) is 12.0. The van der Waals surface area contributed by atoms with Gasteiger partial charge in [-0.15, -0.1) is 0 Å². The Morgan fingerprint density at radius 2 is 2.12 bits per heavy atom. The molecular formula is C16H20BrN7O. The summed E-state index contributed by atoms with van der Waals surface area (Å²) in [6.07, 6.45) is 5.16. The van der Waals surface area contributed by atoms with Gasteiger partial charge in [0, 0.05) is 13.2 Å². The predicted molar refractivity (Wildman–Crippen MR) is 100 cm³/mol. The zero-order valence-electron chi connectivity index (χ0n) is 14.3. The van der Waals surface area contributed by atoms with Crippen LogP contribution in [0.2, 0.25) is 0 Å². The van der Waals surface area contributed by atoms with E-state index in [9.17, 15) is 5.11 Å². The van der Waals surface area contributed by atoms with Crippen molar-refractivity contribution < 1.29 is 5.11 Å². The topological polar surface area (TPSA) is 91.5 Å². The van der Waals surface area contributed by atoms with Crippen LogP contribution in [0.1, 0.15) is 13.8 Å². The van der Waals surface area contributed by atoms with Crippen LogP contribution in [0.25, 0.3) is 5.65 Å². The Balaban J connectivity index is 2.07. The number of hydrogen-bond donors (Lipinski definition) is 2. The minimum Gasteiger partial charge on any atom is -0.394 e. The van der Waals surface area contributed by atoms with Gasteiger partial charge in [0.2, 0.25) is 11.9 Å². The molecule has 0 saturated heterocycles. The van der Waals surface area contributed by atoms with Gasteiger partial charge in [-0.1, -0.05) is 13.8 Å². The average Bonchev–Trinajstić information content (AvgIpc) is 3.00. The number of aromatic nitrogens is 5. The molecule has 0 fully saturated rings. The number of fused-ring (bicyclic) bond motifs is 1. The van der Waals surface area contributed by atoms with E-state index in [0.717, 1.165) is 10.2 Å². The van der Waals surface area contributed by atoms with E-state index in [0.29, 0.717) is 17.5 Å². The minimum atomic E-state index is -0.138. The summed E-state index contributed by atoms with van der Waals surface area (Å²) in [7, 11) is 1.89. The van der Waals surface area contributed by atoms with Crippen LogP contribution < -0.4 is 10.2 Å². The Morgan fingerprint density at radius 1 is 1.32 bits per heavy atom. The highest BCUT2D eigenvalue weighted by Crippen LogP contribution is 2.26. The van der Waals surface area contributed by atoms with Crippen molar-refractivity contribution in [3.05, 3.63) is 35.2 Å². The van der Waals surface area contributed by atoms with Gasteiger partial charge < -0.3 is 15.3 Å². The molecule has 0 aliphatic carbocycles. The third kappa shape index (κ3) is 3.57. The van der Waals surface area contributed by atoms with E-state index in [2.05, 4.69) is 41.3 Å². The Labute approximate surface area is 154 Å². The van der Waals surface area contributed by atoms with Gasteiger partial charge in [-0.25, -0.2) is 0 Å². The van der Waals surface area contributed by atoms with Gasteiger partial charge in [-0.05, 0) is 34.0 Å². The monoisotopic (exact) mass is 405 g/mol. The normalized spacial score (nSPS) is 12.6. The van der Waals surface area contributed by atoms with E-state index < -0.39 is 0 Å². The third-order valence-corrected chi connectivity index (χ3v) is 4.52. The van der Waals surface area contributed by atoms with Crippen LogP contribution in [0.5, 0.6) is 0 Å². The average molecular weight is 406 g/mol. The molecule has 0 bridgehead atoms. The fourth-order valence-electron chi connectivity index (χ4n) is 2.37. The highest BCUT2D eigenvalue weighted by molar-refractivity contribution is 9.10. The lowest BCUT2D eigenvalue weighted by Crippen LogP contribution is -2.31. The highest BCUT2D eigenvalue weighted by Gasteiger charge is 2.19. The summed E-state index contributed by atoms with van der Waals surface area (Å²) in [5.41, 5.74) is 1.52. The number of anilines is 3. The number of nitrogens with one attached hydrogen (secondary N) is 1. The van der Waals surface area contributed by atoms with Crippen molar-refractivity contribution in [3.8, 4) is 0 Å². The smallest absolute Gasteiger partial charge is 0.236 e. The molecule has 0 aliphatic heterocycles. The number of hydrogen-bond acceptors (Lipinski definition) is 7. The van der Waals surface area contributed by atoms with Crippen molar-refractivity contribution >= 4 is 39.2 Å². The molecule has 0 amide bonds. The fourth-order valence-corrected chi connectivity index (χ4v) is 2.72. The molecule has 0 spiro atoms. The lowest BCUT2D eigenvalue weighted by Gasteiger charge is -2.22. The molecule has 3 aromatic rings. The van der Waals surface area contributed by atoms with Crippen molar-refractivity contribution in [2.45, 2.75) is 19.9 Å². The van der Waals surface area contributed by atoms with Crippen LogP contribution in [-0.4, -0.2) is 49.4 Å². The maximum atomic E-state index is 9.58. The second kappa shape index (κ2) is 7.32. The minimum absolute atomic E-state index is 0.000413. The summed E-state index contributed by atoms with van der Waals surface area (Å²) in [5, 5.41) is 17.1. The molecule has 1 unspecified atom stereocenters. The second-order valence-corrected chi connectivity index (χ2v) is 6.88. The predicted octanol–water partition coefficient (Wildman–Crippen LogP) is 2.48. The van der Waals surface area contributed by atoms with Crippen LogP contribution >= 0.6 is 15.9 Å². The number of aliphatic hydroxyl groups is 1. The third-order valence-electron chi connectivity index (χ3n) is 3.96. The van der Waals surface area contributed by atoms with Crippen molar-refractivity contribution in [2.24, 2.45) is 5.92 Å². The van der Waals surface area contributed by atoms with E-state index >= 15 is 0 Å². The standard InChI is InChI=1S/C16H20BrN7O/c1-10(2)13(9-25)20-15-21-14-12(17)8-19-24(14)16(22-15)23(3)11-5-4-6-18-7-11/h4-8,10,13,25H,9H2,1-3H3,(H,20,21). The number of nitrogens with zero attached hydrogens (tertiary/aromatic N) is 6. The molecule has 2 N–H and O–H groups in total. The van der Waals surface area contributed by atoms with Gasteiger partial charge in [-0.3, -0.25) is 4.98 Å². The maximum Gasteiger partial charge on any atom is 0.236 e. The number of halogens is 1. The summed E-state index contributed by atoms with van der Waals surface area (Å²) < 4.78 is 2.43. The summed E-state index contributed by atoms with van der Waals surface area (Å²) in [6.45, 7) is 4.06. The van der Waals surface area contributed by atoms with Gasteiger partial charge in [0.15, 0.2) is 5.65 Å². The summed E-state index contributed by atoms with van der Waals surface area (Å²) in [4.78, 5) is 15.2. The lowest BCUT2D eigenvalue weighted by molar-refractivity contribution is 0.248. The van der Waals surface area contributed by atoms with Crippen molar-refractivity contribution in [2.75, 3.05) is 23.9 Å². The molecular weight excluding hydrogens is 386 g/mol. The van der Waals surface area contributed by atoms with Gasteiger partial charge in [-0.2, -0.15) is 19.6 Å². The summed E-state index contributed by atoms with van der Waals surface area (Å²) >= 11 is 3.47. The SMILES string of the molecule is CC(C)C(CO)Nc1nc(N(C)c2cccnc2)n2ncc(Br)c2n1. The largest absolute Gasteiger partial charge is 0.394 e. The molecule has 0 aromatic carbocycles. The zero-order chi connectivity index (χ0) is 18.0. The molecule has 8 nitrogen and oxygen atoms in total. The van der Waals surface area contributed by atoms with Crippen LogP contribution in [-0.2, 0) is 0 Å². The maximum absolute atomic E-state index is 9.58. The van der Waals surface area contributed by atoms with Gasteiger partial charge in [0.25, 0.3) is 0 Å². The van der Waals surface area contributed by atoms with Crippen molar-refractivity contribution in [1.82, 2.24) is 24.6 Å². The number of rotatable bonds is 6. The number of pyridine rings is 1. The van der Waals surface area contributed by atoms with E-state index in [1.54, 1.807) is 23.1 Å². The first-order valence-electron chi connectivity index (χ1n) is 7.93. The molecule has 0 saturated carbocycles. The highest BCUT2D eigenvalue weighted by atomic mass is 79.9. The Bertz CT molecular complexity index is 852. The van der Waals surface area contributed by atoms with Crippen LogP contribution in [0.4, 0.5) is 17.6 Å². The molecule has 1 atom stereocenters. The first kappa shape index (κ1) is 17.6. The first-order valence-corrected chi connectivity index (χ1v) is 8.73. The van der Waals surface area contributed by atoms with Crippen LogP contribution in [0.3, 0.4) is 0 Å². The van der Waals surface area contributed by atoms with E-state index in [4.69, 9.17) is 0 Å². The summed E-state index contributed by atoms with van der Waals surface area (Å²) in [6, 6.07) is 3.67. The molecule has 25 heavy (non-hydrogen) atoms. The van der Waals surface area contributed by atoms with Crippen molar-refractivity contribution in [1.29, 1.82) is 0 Å². The molecule has 0 radical (unpaired) electrons. The molecule has 9 heteroatoms. The zero-order valence-corrected chi connectivity index (χ0v) is 15.8. The van der Waals surface area contributed by atoms with E-state index in [1.165, 1.54) is 0 Å². The van der Waals surface area contributed by atoms with E-state index in [1.807, 2.05) is 37.9 Å². The quantitative estimate of drug-likeness (QED) is 0.650. The van der Waals surface area contributed by atoms with E-state index in [-0.39, 0.29) is 18.6 Å². The Morgan fingerprint density at radius 3 is 2.76 bits per heavy atom. The Kier molecular flexibility index (Phi) is 5.14. The lowest BCUT2D eigenvalue weighted by atomic mass is 10.1. The van der Waals surface area contributed by atoms with Crippen LogP contribution in [0, 0.1) is 5.92 Å². The molecule has 0 aliphatic rings. The van der Waals surface area contributed by atoms with Crippen molar-refractivity contribution in [3.63, 3.8) is 0 Å². The molecule has 3 heterocycles. The summed E-state index contributed by atoms with van der Waals surface area (Å²) in [5.74, 6) is 1.26. The molecule has 132 valence electrons. The second-order valence-electron chi connectivity index (χ2n) is 6.02. The molecule has 3 aromatic heterocycles. The van der Waals surface area contributed by atoms with Gasteiger partial charge in [0.1, 0.15) is 0 Å². The van der Waals surface area contributed by atoms with Gasteiger partial charge >= 0.3 is 0 Å². The van der Waals surface area contributed by atoms with Crippen LogP contribution in [0.15, 0.2) is 35.2 Å². The number of aliphatic hydroxyl groups excluding tert-OH is 1. The fraction of sp³-hybridized carbons (Fsp3) is 0.375.